The van der Waals surface area contributed by atoms with E-state index < -0.39 is 12.1 Å². The topological polar surface area (TPSA) is 87.7 Å². The average Bonchev–Trinajstić information content (AvgIpc) is 3.04. The van der Waals surface area contributed by atoms with Gasteiger partial charge in [0.2, 0.25) is 11.8 Å². The van der Waals surface area contributed by atoms with Crippen molar-refractivity contribution in [3.63, 3.8) is 0 Å². The first-order valence-electron chi connectivity index (χ1n) is 9.14. The monoisotopic (exact) mass is 381 g/mol. The first-order chi connectivity index (χ1) is 13.5. The number of benzene rings is 2. The molecule has 146 valence electrons. The minimum atomic E-state index is -0.654. The van der Waals surface area contributed by atoms with Crippen LogP contribution in [-0.4, -0.2) is 42.0 Å². The summed E-state index contributed by atoms with van der Waals surface area (Å²) in [5.41, 5.74) is 2.66. The largest absolute Gasteiger partial charge is 0.447 e. The van der Waals surface area contributed by atoms with Gasteiger partial charge < -0.3 is 15.4 Å². The van der Waals surface area contributed by atoms with E-state index in [1.165, 1.54) is 11.8 Å². The van der Waals surface area contributed by atoms with Crippen LogP contribution in [0.3, 0.4) is 0 Å². The highest BCUT2D eigenvalue weighted by Gasteiger charge is 2.37. The minimum Gasteiger partial charge on any atom is -0.447 e. The molecule has 0 bridgehead atoms. The first-order valence-corrected chi connectivity index (χ1v) is 9.14. The number of hydrogen-bond donors (Lipinski definition) is 2. The van der Waals surface area contributed by atoms with Gasteiger partial charge in [0.1, 0.15) is 12.6 Å². The van der Waals surface area contributed by atoms with E-state index in [-0.39, 0.29) is 25.0 Å². The fourth-order valence-electron chi connectivity index (χ4n) is 3.03. The van der Waals surface area contributed by atoms with Crippen molar-refractivity contribution in [2.45, 2.75) is 25.9 Å². The first kappa shape index (κ1) is 19.4. The maximum absolute atomic E-state index is 12.5. The molecule has 7 heteroatoms. The Morgan fingerprint density at radius 1 is 1.07 bits per heavy atom. The molecule has 1 fully saturated rings. The summed E-state index contributed by atoms with van der Waals surface area (Å²) >= 11 is 0. The van der Waals surface area contributed by atoms with Gasteiger partial charge in [0.25, 0.3) is 0 Å². The molecule has 0 saturated carbocycles. The lowest BCUT2D eigenvalue weighted by Crippen LogP contribution is -2.45. The van der Waals surface area contributed by atoms with Gasteiger partial charge in [0.05, 0.1) is 6.54 Å². The van der Waals surface area contributed by atoms with Crippen LogP contribution in [0.25, 0.3) is 0 Å². The van der Waals surface area contributed by atoms with Crippen LogP contribution in [0.4, 0.5) is 10.5 Å². The summed E-state index contributed by atoms with van der Waals surface area (Å²) in [7, 11) is 0. The Balaban J connectivity index is 1.56. The van der Waals surface area contributed by atoms with Crippen molar-refractivity contribution in [2.75, 3.05) is 18.5 Å². The molecule has 0 radical (unpaired) electrons. The molecular formula is C21H23N3O4. The Kier molecular flexibility index (Phi) is 6.26. The maximum Gasteiger partial charge on any atom is 0.410 e. The summed E-state index contributed by atoms with van der Waals surface area (Å²) in [6.45, 7) is 2.23. The van der Waals surface area contributed by atoms with Crippen LogP contribution in [0.2, 0.25) is 0 Å². The lowest BCUT2D eigenvalue weighted by atomic mass is 10.1. The van der Waals surface area contributed by atoms with Gasteiger partial charge >= 0.3 is 6.09 Å². The van der Waals surface area contributed by atoms with Crippen LogP contribution < -0.4 is 10.6 Å². The quantitative estimate of drug-likeness (QED) is 0.771. The van der Waals surface area contributed by atoms with Crippen molar-refractivity contribution in [3.05, 3.63) is 65.7 Å². The second kappa shape index (κ2) is 9.03. The number of ether oxygens (including phenoxy) is 1. The number of carbonyl (C=O) groups is 3. The van der Waals surface area contributed by atoms with Crippen LogP contribution in [0.15, 0.2) is 54.6 Å². The minimum absolute atomic E-state index is 0.0416. The third-order valence-electron chi connectivity index (χ3n) is 4.46. The van der Waals surface area contributed by atoms with Crippen molar-refractivity contribution in [2.24, 2.45) is 0 Å². The third kappa shape index (κ3) is 5.09. The van der Waals surface area contributed by atoms with E-state index in [4.69, 9.17) is 4.74 Å². The van der Waals surface area contributed by atoms with Crippen molar-refractivity contribution >= 4 is 23.6 Å². The van der Waals surface area contributed by atoms with E-state index in [0.717, 1.165) is 17.5 Å². The molecule has 2 aromatic rings. The van der Waals surface area contributed by atoms with Gasteiger partial charge in [0.15, 0.2) is 0 Å². The van der Waals surface area contributed by atoms with E-state index in [2.05, 4.69) is 10.6 Å². The molecule has 1 heterocycles. The molecule has 1 aliphatic heterocycles. The number of hydrogen-bond acceptors (Lipinski definition) is 4. The van der Waals surface area contributed by atoms with Crippen LogP contribution in [0.5, 0.6) is 0 Å². The Morgan fingerprint density at radius 2 is 1.79 bits per heavy atom. The molecular weight excluding hydrogens is 358 g/mol. The summed E-state index contributed by atoms with van der Waals surface area (Å²) in [4.78, 5) is 37.1. The maximum atomic E-state index is 12.5. The molecule has 1 atom stereocenters. The lowest BCUT2D eigenvalue weighted by molar-refractivity contribution is -0.125. The number of anilines is 1. The Bertz CT molecular complexity index is 836. The zero-order chi connectivity index (χ0) is 19.9. The van der Waals surface area contributed by atoms with Gasteiger partial charge in [-0.25, -0.2) is 4.79 Å². The standard InChI is InChI=1S/C21H23N3O4/c1-15(25)23-18-9-7-17(8-10-18)13-24-19(14-28-21(24)27)20(26)22-12-11-16-5-3-2-4-6-16/h2-10,19H,11-14H2,1H3,(H,22,26)(H,23,25)/t19-/m0/s1. The van der Waals surface area contributed by atoms with Gasteiger partial charge in [-0.05, 0) is 29.7 Å². The van der Waals surface area contributed by atoms with Crippen LogP contribution in [0, 0.1) is 0 Å². The number of nitrogens with one attached hydrogen (secondary N) is 2. The fourth-order valence-corrected chi connectivity index (χ4v) is 3.03. The molecule has 2 N–H and O–H groups in total. The molecule has 3 amide bonds. The SMILES string of the molecule is CC(=O)Nc1ccc(CN2C(=O)OC[C@H]2C(=O)NCCc2ccccc2)cc1. The normalized spacial score (nSPS) is 15.8. The van der Waals surface area contributed by atoms with E-state index in [1.54, 1.807) is 24.3 Å². The molecule has 0 spiro atoms. The summed E-state index contributed by atoms with van der Waals surface area (Å²) in [5, 5.41) is 5.57. The lowest BCUT2D eigenvalue weighted by Gasteiger charge is -2.21. The Morgan fingerprint density at radius 3 is 2.46 bits per heavy atom. The second-order valence-corrected chi connectivity index (χ2v) is 6.63. The van der Waals surface area contributed by atoms with Crippen LogP contribution in [0.1, 0.15) is 18.1 Å². The van der Waals surface area contributed by atoms with Crippen molar-refractivity contribution in [1.82, 2.24) is 10.2 Å². The van der Waals surface area contributed by atoms with Gasteiger partial charge in [0, 0.05) is 19.2 Å². The number of nitrogens with zero attached hydrogens (tertiary/aromatic N) is 1. The Hall–Kier alpha value is -3.35. The molecule has 1 aliphatic rings. The summed E-state index contributed by atoms with van der Waals surface area (Å²) < 4.78 is 5.08. The highest BCUT2D eigenvalue weighted by atomic mass is 16.6. The second-order valence-electron chi connectivity index (χ2n) is 6.63. The van der Waals surface area contributed by atoms with Crippen LogP contribution in [-0.2, 0) is 27.3 Å². The van der Waals surface area contributed by atoms with Crippen LogP contribution >= 0.6 is 0 Å². The highest BCUT2D eigenvalue weighted by molar-refractivity contribution is 5.89. The Labute approximate surface area is 163 Å². The molecule has 2 aromatic carbocycles. The zero-order valence-electron chi connectivity index (χ0n) is 15.7. The van der Waals surface area contributed by atoms with Gasteiger partial charge in [-0.1, -0.05) is 42.5 Å². The predicted molar refractivity (Wildman–Crippen MR) is 105 cm³/mol. The number of carbonyl (C=O) groups excluding carboxylic acids is 3. The number of cyclic esters (lactones) is 1. The molecule has 0 aliphatic carbocycles. The van der Waals surface area contributed by atoms with Gasteiger partial charge in [-0.3, -0.25) is 14.5 Å². The molecule has 7 nitrogen and oxygen atoms in total. The van der Waals surface area contributed by atoms with E-state index in [9.17, 15) is 14.4 Å². The zero-order valence-corrected chi connectivity index (χ0v) is 15.7. The smallest absolute Gasteiger partial charge is 0.410 e. The summed E-state index contributed by atoms with van der Waals surface area (Å²) in [6, 6.07) is 16.3. The highest BCUT2D eigenvalue weighted by Crippen LogP contribution is 2.18. The average molecular weight is 381 g/mol. The third-order valence-corrected chi connectivity index (χ3v) is 4.46. The molecule has 28 heavy (non-hydrogen) atoms. The van der Waals surface area contributed by atoms with Crippen molar-refractivity contribution < 1.29 is 19.1 Å². The van der Waals surface area contributed by atoms with Gasteiger partial charge in [-0.15, -0.1) is 0 Å². The molecule has 0 aromatic heterocycles. The van der Waals surface area contributed by atoms with Crippen molar-refractivity contribution in [1.29, 1.82) is 0 Å². The molecule has 3 rings (SSSR count). The van der Waals surface area contributed by atoms with Gasteiger partial charge in [-0.2, -0.15) is 0 Å². The fraction of sp³-hybridized carbons (Fsp3) is 0.286. The number of amides is 3. The van der Waals surface area contributed by atoms with E-state index in [0.29, 0.717) is 12.2 Å². The van der Waals surface area contributed by atoms with E-state index >= 15 is 0 Å². The predicted octanol–water partition coefficient (Wildman–Crippen LogP) is 2.32. The molecule has 0 unspecified atom stereocenters. The van der Waals surface area contributed by atoms with E-state index in [1.807, 2.05) is 30.3 Å². The summed E-state index contributed by atoms with van der Waals surface area (Å²) in [5.74, 6) is -0.375. The number of rotatable bonds is 7. The molecule has 1 saturated heterocycles. The van der Waals surface area contributed by atoms with Crippen molar-refractivity contribution in [3.8, 4) is 0 Å². The summed E-state index contributed by atoms with van der Waals surface area (Å²) in [6.07, 6.45) is 0.216.